The van der Waals surface area contributed by atoms with Crippen molar-refractivity contribution in [3.63, 3.8) is 0 Å². The summed E-state index contributed by atoms with van der Waals surface area (Å²) < 4.78 is 45.4. The van der Waals surface area contributed by atoms with Gasteiger partial charge in [-0.2, -0.15) is 4.31 Å². The molecule has 2 N–H and O–H groups in total. The fraction of sp³-hybridized carbons (Fsp3) is 0.500. The highest BCUT2D eigenvalue weighted by Crippen LogP contribution is 2.39. The summed E-state index contributed by atoms with van der Waals surface area (Å²) in [5.74, 6) is 0.419. The van der Waals surface area contributed by atoms with Crippen LogP contribution in [0.4, 0.5) is 0 Å². The molecule has 2 aliphatic rings. The molecule has 0 aromatic heterocycles. The number of sulfonamides is 1. The molecule has 214 valence electrons. The van der Waals surface area contributed by atoms with E-state index in [0.717, 1.165) is 0 Å². The van der Waals surface area contributed by atoms with E-state index in [4.69, 9.17) is 37.4 Å². The van der Waals surface area contributed by atoms with Crippen LogP contribution in [0.5, 0.6) is 17.2 Å². The zero-order valence-electron chi connectivity index (χ0n) is 21.6. The smallest absolute Gasteiger partial charge is 0.244 e. The third-order valence-corrected chi connectivity index (χ3v) is 9.56. The monoisotopic (exact) mass is 602 g/mol. The Bertz CT molecular complexity index is 1270. The lowest BCUT2D eigenvalue weighted by molar-refractivity contribution is -0.135. The van der Waals surface area contributed by atoms with Gasteiger partial charge in [0.25, 0.3) is 0 Å². The van der Waals surface area contributed by atoms with E-state index in [1.807, 2.05) is 0 Å². The number of halogens is 2. The van der Waals surface area contributed by atoms with Gasteiger partial charge >= 0.3 is 0 Å². The summed E-state index contributed by atoms with van der Waals surface area (Å²) in [7, 11) is -1.19. The van der Waals surface area contributed by atoms with Crippen molar-refractivity contribution in [2.45, 2.75) is 42.3 Å². The number of amides is 1. The van der Waals surface area contributed by atoms with E-state index < -0.39 is 40.7 Å². The number of methoxy groups -OCH3 is 2. The zero-order chi connectivity index (χ0) is 28.3. The topological polar surface area (TPSA) is 126 Å². The number of rotatable bonds is 10. The molecule has 4 rings (SSSR count). The molecule has 2 heterocycles. The largest absolute Gasteiger partial charge is 0.493 e. The van der Waals surface area contributed by atoms with Gasteiger partial charge in [-0.05, 0) is 49.6 Å². The third-order valence-electron chi connectivity index (χ3n) is 7.21. The van der Waals surface area contributed by atoms with Gasteiger partial charge in [-0.3, -0.25) is 4.79 Å². The van der Waals surface area contributed by atoms with Gasteiger partial charge in [0.05, 0.1) is 38.4 Å². The lowest BCUT2D eigenvalue weighted by Gasteiger charge is -2.41. The van der Waals surface area contributed by atoms with E-state index in [2.05, 4.69) is 0 Å². The van der Waals surface area contributed by atoms with Crippen LogP contribution in [0.25, 0.3) is 0 Å². The standard InChI is InChI=1S/C26H32Cl2N2O8S/c1-36-24-7-6-18(13-25(24)37-2)38-9-8-29-14-20(23(32)15-31)21-4-3-5-22(26(29)33)30(21)39(34,35)19-11-16(27)10-17(28)12-19/h6-7,10-13,20-23,31-32H,3-5,8-9,14-15H2,1-2H3/t20-,21-,22?,23-/m0/s1. The first-order chi connectivity index (χ1) is 18.6. The summed E-state index contributed by atoms with van der Waals surface area (Å²) >= 11 is 12.2. The SMILES string of the molecule is COc1ccc(OCCN2C[C@H]([C@@H](O)CO)[C@@H]3CCCC(C2=O)N3S(=O)(=O)c2cc(Cl)cc(Cl)c2)cc1OC. The third kappa shape index (κ3) is 6.23. The summed E-state index contributed by atoms with van der Waals surface area (Å²) in [5, 5.41) is 20.9. The Labute approximate surface area is 238 Å². The second-order valence-corrected chi connectivity index (χ2v) is 12.2. The fourth-order valence-electron chi connectivity index (χ4n) is 5.36. The first-order valence-corrected chi connectivity index (χ1v) is 14.7. The maximum absolute atomic E-state index is 13.9. The molecular weight excluding hydrogens is 571 g/mol. The van der Waals surface area contributed by atoms with Crippen molar-refractivity contribution in [1.82, 2.24) is 9.21 Å². The Balaban J connectivity index is 1.62. The highest BCUT2D eigenvalue weighted by atomic mass is 35.5. The number of ether oxygens (including phenoxy) is 3. The van der Waals surface area contributed by atoms with Crippen LogP contribution in [0.2, 0.25) is 10.0 Å². The van der Waals surface area contributed by atoms with Crippen molar-refractivity contribution >= 4 is 39.1 Å². The van der Waals surface area contributed by atoms with Crippen molar-refractivity contribution < 1.29 is 37.6 Å². The zero-order valence-corrected chi connectivity index (χ0v) is 24.0. The predicted octanol–water partition coefficient (Wildman–Crippen LogP) is 2.81. The van der Waals surface area contributed by atoms with E-state index in [1.165, 1.54) is 41.6 Å². The lowest BCUT2D eigenvalue weighted by Crippen LogP contribution is -2.56. The molecule has 2 aromatic carbocycles. The number of carbonyl (C=O) groups excluding carboxylic acids is 1. The number of nitrogens with zero attached hydrogens (tertiary/aromatic N) is 2. The summed E-state index contributed by atoms with van der Waals surface area (Å²) in [4.78, 5) is 15.2. The van der Waals surface area contributed by atoms with Crippen LogP contribution < -0.4 is 14.2 Å². The maximum Gasteiger partial charge on any atom is 0.244 e. The molecule has 2 aliphatic heterocycles. The van der Waals surface area contributed by atoms with Crippen LogP contribution in [0.3, 0.4) is 0 Å². The molecular formula is C26H32Cl2N2O8S. The average molecular weight is 604 g/mol. The van der Waals surface area contributed by atoms with Gasteiger partial charge in [-0.15, -0.1) is 0 Å². The van der Waals surface area contributed by atoms with Gasteiger partial charge in [0.2, 0.25) is 15.9 Å². The van der Waals surface area contributed by atoms with Crippen molar-refractivity contribution in [1.29, 1.82) is 0 Å². The van der Waals surface area contributed by atoms with Crippen molar-refractivity contribution in [2.75, 3.05) is 40.5 Å². The first kappa shape index (κ1) is 29.7. The number of aliphatic hydroxyl groups excluding tert-OH is 2. The highest BCUT2D eigenvalue weighted by Gasteiger charge is 2.51. The molecule has 2 fully saturated rings. The Morgan fingerprint density at radius 2 is 1.74 bits per heavy atom. The molecule has 2 aromatic rings. The van der Waals surface area contributed by atoms with Crippen LogP contribution in [0, 0.1) is 5.92 Å². The Hall–Kier alpha value is -2.28. The molecule has 13 heteroatoms. The number of carbonyl (C=O) groups is 1. The maximum atomic E-state index is 13.9. The molecule has 0 radical (unpaired) electrons. The molecule has 10 nitrogen and oxygen atoms in total. The summed E-state index contributed by atoms with van der Waals surface area (Å²) in [5.41, 5.74) is 0. The van der Waals surface area contributed by atoms with Crippen LogP contribution in [0.15, 0.2) is 41.3 Å². The molecule has 39 heavy (non-hydrogen) atoms. The molecule has 2 saturated heterocycles. The minimum atomic E-state index is -4.23. The van der Waals surface area contributed by atoms with Gasteiger partial charge in [0.15, 0.2) is 11.5 Å². The number of piperidine rings is 1. The molecule has 1 unspecified atom stereocenters. The average Bonchev–Trinajstić information content (AvgIpc) is 2.99. The molecule has 0 aliphatic carbocycles. The summed E-state index contributed by atoms with van der Waals surface area (Å²) in [6.45, 7) is -0.272. The molecule has 2 bridgehead atoms. The van der Waals surface area contributed by atoms with Gasteiger partial charge in [0.1, 0.15) is 18.4 Å². The van der Waals surface area contributed by atoms with Gasteiger partial charge in [0, 0.05) is 34.6 Å². The quantitative estimate of drug-likeness (QED) is 0.425. The molecule has 0 spiro atoms. The molecule has 4 atom stereocenters. The second-order valence-electron chi connectivity index (χ2n) is 9.52. The predicted molar refractivity (Wildman–Crippen MR) is 145 cm³/mol. The lowest BCUT2D eigenvalue weighted by atomic mass is 9.87. The number of aliphatic hydroxyl groups is 2. The van der Waals surface area contributed by atoms with E-state index in [9.17, 15) is 23.4 Å². The molecule has 0 saturated carbocycles. The first-order valence-electron chi connectivity index (χ1n) is 12.5. The van der Waals surface area contributed by atoms with Crippen LogP contribution >= 0.6 is 23.2 Å². The number of benzene rings is 2. The van der Waals surface area contributed by atoms with Gasteiger partial charge in [-0.25, -0.2) is 8.42 Å². The number of hydrogen-bond donors (Lipinski definition) is 2. The summed E-state index contributed by atoms with van der Waals surface area (Å²) in [6, 6.07) is 7.39. The normalized spacial score (nSPS) is 22.8. The van der Waals surface area contributed by atoms with Crippen LogP contribution in [-0.2, 0) is 14.8 Å². The van der Waals surface area contributed by atoms with Crippen LogP contribution in [-0.4, -0.2) is 92.5 Å². The van der Waals surface area contributed by atoms with Gasteiger partial charge < -0.3 is 29.3 Å². The number of hydrogen-bond acceptors (Lipinski definition) is 8. The van der Waals surface area contributed by atoms with E-state index in [1.54, 1.807) is 18.2 Å². The van der Waals surface area contributed by atoms with E-state index in [0.29, 0.717) is 36.5 Å². The minimum Gasteiger partial charge on any atom is -0.493 e. The Morgan fingerprint density at radius 1 is 1.05 bits per heavy atom. The highest BCUT2D eigenvalue weighted by molar-refractivity contribution is 7.89. The summed E-state index contributed by atoms with van der Waals surface area (Å²) in [6.07, 6.45) is 0.0931. The van der Waals surface area contributed by atoms with Crippen molar-refractivity contribution in [2.24, 2.45) is 5.92 Å². The van der Waals surface area contributed by atoms with Crippen LogP contribution in [0.1, 0.15) is 19.3 Å². The molecule has 1 amide bonds. The van der Waals surface area contributed by atoms with Crippen molar-refractivity contribution in [3.8, 4) is 17.2 Å². The van der Waals surface area contributed by atoms with Gasteiger partial charge in [-0.1, -0.05) is 23.2 Å². The van der Waals surface area contributed by atoms with Crippen molar-refractivity contribution in [3.05, 3.63) is 46.4 Å². The Morgan fingerprint density at radius 3 is 2.38 bits per heavy atom. The number of fused-ring (bicyclic) bond motifs is 2. The minimum absolute atomic E-state index is 0.0549. The second kappa shape index (κ2) is 12.5. The van der Waals surface area contributed by atoms with E-state index in [-0.39, 0.29) is 40.5 Å². The van der Waals surface area contributed by atoms with E-state index >= 15 is 0 Å². The fourth-order valence-corrected chi connectivity index (χ4v) is 7.96. The Kier molecular flexibility index (Phi) is 9.51.